The van der Waals surface area contributed by atoms with Crippen LogP contribution in [0.25, 0.3) is 21.8 Å². The number of hydrogen-bond acceptors (Lipinski definition) is 6. The van der Waals surface area contributed by atoms with Gasteiger partial charge >= 0.3 is 0 Å². The van der Waals surface area contributed by atoms with E-state index in [1.807, 2.05) is 35.9 Å². The average molecular weight is 436 g/mol. The summed E-state index contributed by atoms with van der Waals surface area (Å²) in [6.07, 6.45) is 0.213. The maximum Gasteiger partial charge on any atom is 0.232 e. The molecule has 152 valence electrons. The number of thiazole rings is 2. The molecule has 5 nitrogen and oxygen atoms in total. The van der Waals surface area contributed by atoms with Gasteiger partial charge in [-0.25, -0.2) is 9.97 Å². The molecule has 0 radical (unpaired) electrons. The van der Waals surface area contributed by atoms with E-state index in [1.54, 1.807) is 18.4 Å². The molecule has 0 atom stereocenters. The molecule has 0 saturated carbocycles. The molecule has 7 heteroatoms. The molecule has 2 heterocycles. The third-order valence-corrected chi connectivity index (χ3v) is 6.27. The van der Waals surface area contributed by atoms with Crippen molar-refractivity contribution in [2.45, 2.75) is 20.3 Å². The highest BCUT2D eigenvalue weighted by Crippen LogP contribution is 2.33. The van der Waals surface area contributed by atoms with Crippen LogP contribution in [0, 0.1) is 13.8 Å². The van der Waals surface area contributed by atoms with Crippen LogP contribution in [0.1, 0.15) is 16.8 Å². The number of aromatic nitrogens is 2. The van der Waals surface area contributed by atoms with Crippen molar-refractivity contribution in [1.82, 2.24) is 9.97 Å². The van der Waals surface area contributed by atoms with Crippen molar-refractivity contribution in [3.63, 3.8) is 0 Å². The summed E-state index contributed by atoms with van der Waals surface area (Å²) in [6.45, 7) is 4.08. The molecule has 30 heavy (non-hydrogen) atoms. The van der Waals surface area contributed by atoms with Gasteiger partial charge in [0, 0.05) is 21.9 Å². The monoisotopic (exact) mass is 435 g/mol. The standard InChI is InChI=1S/C23H21N3O2S2/c1-14-4-7-16(8-5-14)22-24-17(12-29-22)11-21(27)26-23-25-19(13-30-23)18-10-15(2)6-9-20(18)28-3/h4-10,12-13H,11H2,1-3H3,(H,25,26,27). The quantitative estimate of drug-likeness (QED) is 0.419. The van der Waals surface area contributed by atoms with Gasteiger partial charge in [0.1, 0.15) is 10.8 Å². The molecule has 4 rings (SSSR count). The van der Waals surface area contributed by atoms with Gasteiger partial charge in [0.25, 0.3) is 0 Å². The normalized spacial score (nSPS) is 10.8. The van der Waals surface area contributed by atoms with Crippen LogP contribution in [-0.4, -0.2) is 23.0 Å². The number of ether oxygens (including phenoxy) is 1. The molecule has 0 aliphatic carbocycles. The van der Waals surface area contributed by atoms with Crippen LogP contribution in [0.3, 0.4) is 0 Å². The number of aryl methyl sites for hydroxylation is 2. The van der Waals surface area contributed by atoms with Crippen LogP contribution in [0.2, 0.25) is 0 Å². The van der Waals surface area contributed by atoms with Crippen molar-refractivity contribution >= 4 is 33.7 Å². The molecular formula is C23H21N3O2S2. The molecule has 2 aromatic heterocycles. The molecule has 0 saturated heterocycles. The van der Waals surface area contributed by atoms with Crippen molar-refractivity contribution in [3.8, 4) is 27.6 Å². The number of amides is 1. The first-order valence-electron chi connectivity index (χ1n) is 9.43. The van der Waals surface area contributed by atoms with E-state index in [-0.39, 0.29) is 12.3 Å². The van der Waals surface area contributed by atoms with E-state index in [2.05, 4.69) is 46.5 Å². The van der Waals surface area contributed by atoms with Crippen LogP contribution in [0.4, 0.5) is 5.13 Å². The van der Waals surface area contributed by atoms with Crippen LogP contribution < -0.4 is 10.1 Å². The number of benzene rings is 2. The van der Waals surface area contributed by atoms with E-state index in [1.165, 1.54) is 16.9 Å². The summed E-state index contributed by atoms with van der Waals surface area (Å²) in [7, 11) is 1.64. The SMILES string of the molecule is COc1ccc(C)cc1-c1csc(NC(=O)Cc2csc(-c3ccc(C)cc3)n2)n1. The Labute approximate surface area is 183 Å². The third kappa shape index (κ3) is 4.58. The predicted octanol–water partition coefficient (Wildman–Crippen LogP) is 5.74. The van der Waals surface area contributed by atoms with E-state index in [4.69, 9.17) is 4.74 Å². The van der Waals surface area contributed by atoms with Gasteiger partial charge in [0.05, 0.1) is 24.9 Å². The van der Waals surface area contributed by atoms with Crippen molar-refractivity contribution < 1.29 is 9.53 Å². The second-order valence-corrected chi connectivity index (χ2v) is 8.69. The minimum Gasteiger partial charge on any atom is -0.496 e. The Morgan fingerprint density at radius 2 is 1.77 bits per heavy atom. The largest absolute Gasteiger partial charge is 0.496 e. The van der Waals surface area contributed by atoms with Crippen molar-refractivity contribution in [3.05, 3.63) is 70.0 Å². The Bertz CT molecular complexity index is 1180. The number of methoxy groups -OCH3 is 1. The summed E-state index contributed by atoms with van der Waals surface area (Å²) >= 11 is 2.94. The highest BCUT2D eigenvalue weighted by Gasteiger charge is 2.14. The number of anilines is 1. The van der Waals surface area contributed by atoms with Gasteiger partial charge < -0.3 is 10.1 Å². The second-order valence-electron chi connectivity index (χ2n) is 6.98. The fourth-order valence-corrected chi connectivity index (χ4v) is 4.57. The molecule has 0 aliphatic rings. The van der Waals surface area contributed by atoms with Crippen LogP contribution in [-0.2, 0) is 11.2 Å². The van der Waals surface area contributed by atoms with Gasteiger partial charge in [-0.05, 0) is 26.0 Å². The number of carbonyl (C=O) groups excluding carboxylic acids is 1. The molecule has 1 N–H and O–H groups in total. The lowest BCUT2D eigenvalue weighted by Gasteiger charge is -2.07. The first-order valence-corrected chi connectivity index (χ1v) is 11.2. The van der Waals surface area contributed by atoms with Crippen LogP contribution in [0.5, 0.6) is 5.75 Å². The lowest BCUT2D eigenvalue weighted by molar-refractivity contribution is -0.115. The van der Waals surface area contributed by atoms with Gasteiger partial charge in [-0.1, -0.05) is 41.5 Å². The molecule has 0 fully saturated rings. The number of nitrogens with zero attached hydrogens (tertiary/aromatic N) is 2. The van der Waals surface area contributed by atoms with E-state index < -0.39 is 0 Å². The highest BCUT2D eigenvalue weighted by atomic mass is 32.1. The van der Waals surface area contributed by atoms with Crippen LogP contribution in [0.15, 0.2) is 53.2 Å². The minimum absolute atomic E-state index is 0.132. The minimum atomic E-state index is -0.132. The highest BCUT2D eigenvalue weighted by molar-refractivity contribution is 7.14. The summed E-state index contributed by atoms with van der Waals surface area (Å²) in [4.78, 5) is 21.7. The maximum atomic E-state index is 12.5. The topological polar surface area (TPSA) is 64.1 Å². The molecular weight excluding hydrogens is 414 g/mol. The van der Waals surface area contributed by atoms with Crippen molar-refractivity contribution in [2.75, 3.05) is 12.4 Å². The molecule has 1 amide bonds. The lowest BCUT2D eigenvalue weighted by Crippen LogP contribution is -2.14. The second kappa shape index (κ2) is 8.77. The molecule has 0 unspecified atom stereocenters. The zero-order valence-electron chi connectivity index (χ0n) is 16.9. The smallest absolute Gasteiger partial charge is 0.232 e. The Balaban J connectivity index is 1.43. The van der Waals surface area contributed by atoms with Gasteiger partial charge in [0.15, 0.2) is 5.13 Å². The van der Waals surface area contributed by atoms with Crippen LogP contribution >= 0.6 is 22.7 Å². The first kappa shape index (κ1) is 20.3. The summed E-state index contributed by atoms with van der Waals surface area (Å²) in [6, 6.07) is 14.2. The van der Waals surface area contributed by atoms with Crippen molar-refractivity contribution in [1.29, 1.82) is 0 Å². The Morgan fingerprint density at radius 3 is 2.53 bits per heavy atom. The summed E-state index contributed by atoms with van der Waals surface area (Å²) in [5, 5.41) is 8.21. The summed E-state index contributed by atoms with van der Waals surface area (Å²) in [5.41, 5.74) is 5.85. The molecule has 0 bridgehead atoms. The molecule has 2 aromatic carbocycles. The van der Waals surface area contributed by atoms with Gasteiger partial charge in [-0.2, -0.15) is 0 Å². The number of nitrogens with one attached hydrogen (secondary N) is 1. The third-order valence-electron chi connectivity index (χ3n) is 4.57. The van der Waals surface area contributed by atoms with E-state index in [0.29, 0.717) is 5.13 Å². The maximum absolute atomic E-state index is 12.5. The fraction of sp³-hybridized carbons (Fsp3) is 0.174. The molecule has 0 spiro atoms. The first-order chi connectivity index (χ1) is 14.5. The molecule has 0 aliphatic heterocycles. The van der Waals surface area contributed by atoms with E-state index >= 15 is 0 Å². The Hall–Kier alpha value is -3.03. The predicted molar refractivity (Wildman–Crippen MR) is 123 cm³/mol. The Morgan fingerprint density at radius 1 is 1.00 bits per heavy atom. The summed E-state index contributed by atoms with van der Waals surface area (Å²) in [5.74, 6) is 0.628. The van der Waals surface area contributed by atoms with Crippen molar-refractivity contribution in [2.24, 2.45) is 0 Å². The number of hydrogen-bond donors (Lipinski definition) is 1. The number of rotatable bonds is 6. The zero-order valence-corrected chi connectivity index (χ0v) is 18.6. The zero-order chi connectivity index (χ0) is 21.1. The van der Waals surface area contributed by atoms with E-state index in [9.17, 15) is 4.79 Å². The molecule has 4 aromatic rings. The van der Waals surface area contributed by atoms with Gasteiger partial charge in [0.2, 0.25) is 5.91 Å². The summed E-state index contributed by atoms with van der Waals surface area (Å²) < 4.78 is 5.44. The van der Waals surface area contributed by atoms with Gasteiger partial charge in [-0.3, -0.25) is 4.79 Å². The average Bonchev–Trinajstić information content (AvgIpc) is 3.38. The number of carbonyl (C=O) groups is 1. The lowest BCUT2D eigenvalue weighted by atomic mass is 10.1. The Kier molecular flexibility index (Phi) is 5.92. The van der Waals surface area contributed by atoms with E-state index in [0.717, 1.165) is 38.8 Å². The fourth-order valence-electron chi connectivity index (χ4n) is 3.02. The van der Waals surface area contributed by atoms with Gasteiger partial charge in [-0.15, -0.1) is 22.7 Å².